The first kappa shape index (κ1) is 20.4. The van der Waals surface area contributed by atoms with Crippen LogP contribution in [0.5, 0.6) is 0 Å². The average molecular weight is 425 g/mol. The number of rotatable bonds is 4. The van der Waals surface area contributed by atoms with Crippen LogP contribution in [0.3, 0.4) is 0 Å². The molecular weight excluding hydrogens is 400 g/mol. The van der Waals surface area contributed by atoms with Gasteiger partial charge in [-0.3, -0.25) is 19.4 Å². The molecule has 1 saturated heterocycles. The molecule has 2 aliphatic heterocycles. The normalized spacial score (nSPS) is 16.2. The summed E-state index contributed by atoms with van der Waals surface area (Å²) in [5.74, 6) is 0.758. The predicted molar refractivity (Wildman–Crippen MR) is 115 cm³/mol. The molecule has 0 saturated carbocycles. The van der Waals surface area contributed by atoms with E-state index >= 15 is 0 Å². The summed E-state index contributed by atoms with van der Waals surface area (Å²) in [5, 5.41) is 0. The maximum Gasteiger partial charge on any atom is 0.255 e. The van der Waals surface area contributed by atoms with Gasteiger partial charge >= 0.3 is 0 Å². The number of amides is 3. The Morgan fingerprint density at radius 2 is 1.60 bits per heavy atom. The number of hydrogen-bond donors (Lipinski definition) is 0. The van der Waals surface area contributed by atoms with Crippen molar-refractivity contribution in [3.8, 4) is 0 Å². The van der Waals surface area contributed by atoms with Crippen LogP contribution in [0.2, 0.25) is 0 Å². The quantitative estimate of drug-likeness (QED) is 0.753. The molecule has 1 aromatic carbocycles. The van der Waals surface area contributed by atoms with E-state index in [1.165, 1.54) is 0 Å². The number of benzene rings is 1. The Hall–Kier alpha value is -2.87. The highest BCUT2D eigenvalue weighted by atomic mass is 32.2. The predicted octanol–water partition coefficient (Wildman–Crippen LogP) is 2.29. The van der Waals surface area contributed by atoms with Gasteiger partial charge in [0.15, 0.2) is 0 Å². The van der Waals surface area contributed by atoms with Crippen molar-refractivity contribution in [1.29, 1.82) is 0 Å². The summed E-state index contributed by atoms with van der Waals surface area (Å²) in [5.41, 5.74) is 1.50. The molecule has 0 bridgehead atoms. The van der Waals surface area contributed by atoms with Gasteiger partial charge in [-0.2, -0.15) is 0 Å². The van der Waals surface area contributed by atoms with Crippen LogP contribution < -0.4 is 4.90 Å². The molecule has 2 aromatic rings. The van der Waals surface area contributed by atoms with E-state index in [4.69, 9.17) is 0 Å². The van der Waals surface area contributed by atoms with Crippen molar-refractivity contribution in [2.75, 3.05) is 43.4 Å². The molecule has 0 N–H and O–H groups in total. The number of carbonyl (C=O) groups is 3. The fraction of sp³-hybridized carbons (Fsp3) is 0.364. The molecule has 2 aliphatic rings. The van der Waals surface area contributed by atoms with Crippen LogP contribution in [0.1, 0.15) is 23.2 Å². The lowest BCUT2D eigenvalue weighted by Gasteiger charge is -2.35. The van der Waals surface area contributed by atoms with E-state index in [0.29, 0.717) is 38.3 Å². The fourth-order valence-electron chi connectivity index (χ4n) is 3.77. The second kappa shape index (κ2) is 9.30. The van der Waals surface area contributed by atoms with E-state index in [9.17, 15) is 14.4 Å². The zero-order chi connectivity index (χ0) is 20.9. The molecule has 1 aromatic heterocycles. The summed E-state index contributed by atoms with van der Waals surface area (Å²) in [7, 11) is 0. The molecule has 0 spiro atoms. The molecule has 0 unspecified atom stereocenters. The summed E-state index contributed by atoms with van der Waals surface area (Å²) >= 11 is 1.75. The standard InChI is InChI=1S/C22H24N4O3S/c27-20(7-8-21(28)26-14-15-30-19-6-2-1-5-18(19)26)24-10-12-25(13-11-24)22(29)17-4-3-9-23-16-17/h1-6,9,16H,7-8,10-15H2. The highest BCUT2D eigenvalue weighted by Crippen LogP contribution is 2.34. The minimum Gasteiger partial charge on any atom is -0.339 e. The van der Waals surface area contributed by atoms with Crippen molar-refractivity contribution < 1.29 is 14.4 Å². The van der Waals surface area contributed by atoms with Crippen molar-refractivity contribution in [3.63, 3.8) is 0 Å². The van der Waals surface area contributed by atoms with Crippen LogP contribution in [-0.2, 0) is 9.59 Å². The van der Waals surface area contributed by atoms with Crippen molar-refractivity contribution in [2.45, 2.75) is 17.7 Å². The van der Waals surface area contributed by atoms with Gasteiger partial charge in [0.05, 0.1) is 11.3 Å². The fourth-order valence-corrected chi connectivity index (χ4v) is 4.76. The van der Waals surface area contributed by atoms with Crippen LogP contribution in [0.15, 0.2) is 53.7 Å². The monoisotopic (exact) mass is 424 g/mol. The van der Waals surface area contributed by atoms with Gasteiger partial charge in [-0.1, -0.05) is 12.1 Å². The molecular formula is C22H24N4O3S. The largest absolute Gasteiger partial charge is 0.339 e. The van der Waals surface area contributed by atoms with Crippen LogP contribution in [0.25, 0.3) is 0 Å². The highest BCUT2D eigenvalue weighted by Gasteiger charge is 2.27. The van der Waals surface area contributed by atoms with Gasteiger partial charge in [0, 0.05) is 68.6 Å². The van der Waals surface area contributed by atoms with Crippen molar-refractivity contribution in [3.05, 3.63) is 54.4 Å². The topological polar surface area (TPSA) is 73.8 Å². The smallest absolute Gasteiger partial charge is 0.255 e. The number of aromatic nitrogens is 1. The van der Waals surface area contributed by atoms with Crippen LogP contribution in [0, 0.1) is 0 Å². The zero-order valence-corrected chi connectivity index (χ0v) is 17.5. The molecule has 0 atom stereocenters. The Kier molecular flexibility index (Phi) is 6.32. The van der Waals surface area contributed by atoms with Gasteiger partial charge in [-0.15, -0.1) is 11.8 Å². The van der Waals surface area contributed by atoms with E-state index in [-0.39, 0.29) is 30.6 Å². The Balaban J connectivity index is 1.27. The second-order valence-corrected chi connectivity index (χ2v) is 8.41. The van der Waals surface area contributed by atoms with Crippen molar-refractivity contribution in [1.82, 2.24) is 14.8 Å². The van der Waals surface area contributed by atoms with E-state index in [0.717, 1.165) is 16.3 Å². The summed E-state index contributed by atoms with van der Waals surface area (Å²) in [6.45, 7) is 2.63. The van der Waals surface area contributed by atoms with Crippen LogP contribution in [-0.4, -0.2) is 71.0 Å². The number of para-hydroxylation sites is 1. The third-order valence-electron chi connectivity index (χ3n) is 5.41. The number of nitrogens with zero attached hydrogens (tertiary/aromatic N) is 4. The molecule has 7 nitrogen and oxygen atoms in total. The zero-order valence-electron chi connectivity index (χ0n) is 16.7. The lowest BCUT2D eigenvalue weighted by Crippen LogP contribution is -2.50. The molecule has 0 aliphatic carbocycles. The lowest BCUT2D eigenvalue weighted by molar-refractivity contribution is -0.134. The number of pyridine rings is 1. The number of fused-ring (bicyclic) bond motifs is 1. The first-order chi connectivity index (χ1) is 14.6. The minimum absolute atomic E-state index is 0.0125. The minimum atomic E-state index is -0.0630. The van der Waals surface area contributed by atoms with Gasteiger partial charge in [-0.05, 0) is 24.3 Å². The molecule has 30 heavy (non-hydrogen) atoms. The third kappa shape index (κ3) is 4.48. The molecule has 4 rings (SSSR count). The summed E-state index contributed by atoms with van der Waals surface area (Å²) < 4.78 is 0. The van der Waals surface area contributed by atoms with Gasteiger partial charge in [-0.25, -0.2) is 0 Å². The molecule has 1 fully saturated rings. The van der Waals surface area contributed by atoms with E-state index in [2.05, 4.69) is 4.98 Å². The third-order valence-corrected chi connectivity index (χ3v) is 6.45. The molecule has 3 amide bonds. The van der Waals surface area contributed by atoms with Gasteiger partial charge in [0.2, 0.25) is 11.8 Å². The Bertz CT molecular complexity index is 929. The van der Waals surface area contributed by atoms with Gasteiger partial charge in [0.1, 0.15) is 0 Å². The summed E-state index contributed by atoms with van der Waals surface area (Å²) in [6.07, 6.45) is 3.59. The van der Waals surface area contributed by atoms with E-state index in [1.807, 2.05) is 24.3 Å². The second-order valence-electron chi connectivity index (χ2n) is 7.28. The van der Waals surface area contributed by atoms with Gasteiger partial charge < -0.3 is 14.7 Å². The highest BCUT2D eigenvalue weighted by molar-refractivity contribution is 7.99. The van der Waals surface area contributed by atoms with Crippen molar-refractivity contribution >= 4 is 35.2 Å². The Morgan fingerprint density at radius 3 is 2.37 bits per heavy atom. The van der Waals surface area contributed by atoms with E-state index in [1.54, 1.807) is 51.0 Å². The number of piperazine rings is 1. The lowest BCUT2D eigenvalue weighted by atomic mass is 10.2. The first-order valence-corrected chi connectivity index (χ1v) is 11.1. The van der Waals surface area contributed by atoms with Crippen LogP contribution in [0.4, 0.5) is 5.69 Å². The number of anilines is 1. The van der Waals surface area contributed by atoms with E-state index < -0.39 is 0 Å². The average Bonchev–Trinajstić information content (AvgIpc) is 2.82. The summed E-state index contributed by atoms with van der Waals surface area (Å²) in [4.78, 5) is 48.2. The van der Waals surface area contributed by atoms with Crippen LogP contribution >= 0.6 is 11.8 Å². The Morgan fingerprint density at radius 1 is 0.867 bits per heavy atom. The molecule has 0 radical (unpaired) electrons. The number of carbonyl (C=O) groups excluding carboxylic acids is 3. The van der Waals surface area contributed by atoms with Crippen molar-refractivity contribution in [2.24, 2.45) is 0 Å². The molecule has 8 heteroatoms. The molecule has 156 valence electrons. The number of hydrogen-bond acceptors (Lipinski definition) is 5. The summed E-state index contributed by atoms with van der Waals surface area (Å²) in [6, 6.07) is 11.4. The molecule has 3 heterocycles. The number of thioether (sulfide) groups is 1. The first-order valence-electron chi connectivity index (χ1n) is 10.1. The Labute approximate surface area is 180 Å². The maximum atomic E-state index is 12.7. The SMILES string of the molecule is O=C(CCC(=O)N1CCSc2ccccc21)N1CCN(C(=O)c2cccnc2)CC1. The van der Waals surface area contributed by atoms with Gasteiger partial charge in [0.25, 0.3) is 5.91 Å². The maximum absolute atomic E-state index is 12.7.